The van der Waals surface area contributed by atoms with Gasteiger partial charge in [-0.3, -0.25) is 9.52 Å². The third-order valence-corrected chi connectivity index (χ3v) is 5.08. The van der Waals surface area contributed by atoms with Gasteiger partial charge in [0.15, 0.2) is 6.10 Å². The molecule has 9 heteroatoms. The van der Waals surface area contributed by atoms with Gasteiger partial charge in [-0.05, 0) is 44.2 Å². The summed E-state index contributed by atoms with van der Waals surface area (Å²) in [5.74, 6) is -1.73. The molecule has 26 heavy (non-hydrogen) atoms. The van der Waals surface area contributed by atoms with Crippen LogP contribution in [0.1, 0.15) is 22.8 Å². The highest BCUT2D eigenvalue weighted by molar-refractivity contribution is 7.92. The van der Waals surface area contributed by atoms with E-state index in [-0.39, 0.29) is 21.2 Å². The van der Waals surface area contributed by atoms with Gasteiger partial charge in [0.1, 0.15) is 0 Å². The zero-order chi connectivity index (χ0) is 19.5. The number of benzene rings is 2. The Labute approximate surface area is 156 Å². The molecule has 0 saturated carbocycles. The van der Waals surface area contributed by atoms with E-state index in [9.17, 15) is 18.0 Å². The van der Waals surface area contributed by atoms with E-state index in [1.54, 1.807) is 12.1 Å². The maximum absolute atomic E-state index is 12.5. The number of carbonyl (C=O) groups is 2. The van der Waals surface area contributed by atoms with Crippen molar-refractivity contribution in [1.29, 1.82) is 0 Å². The van der Waals surface area contributed by atoms with E-state index < -0.39 is 28.0 Å². The van der Waals surface area contributed by atoms with Gasteiger partial charge in [-0.1, -0.05) is 29.3 Å². The monoisotopic (exact) mass is 396 g/mol. The molecule has 1 amide bonds. The van der Waals surface area contributed by atoms with Crippen molar-refractivity contribution in [3.8, 4) is 0 Å². The van der Waals surface area contributed by atoms with Crippen LogP contribution in [0.25, 0.3) is 0 Å². The average Bonchev–Trinajstić information content (AvgIpc) is 2.54. The lowest BCUT2D eigenvalue weighted by Gasteiger charge is -2.14. The minimum atomic E-state index is -3.96. The van der Waals surface area contributed by atoms with Crippen LogP contribution in [0, 0.1) is 6.92 Å². The van der Waals surface area contributed by atoms with Crippen LogP contribution in [-0.4, -0.2) is 26.4 Å². The first kappa shape index (κ1) is 19.7. The van der Waals surface area contributed by atoms with Gasteiger partial charge in [0.2, 0.25) is 0 Å². The first-order valence-electron chi connectivity index (χ1n) is 7.49. The summed E-state index contributed by atoms with van der Waals surface area (Å²) in [6.45, 7) is 3.14. The zero-order valence-corrected chi connectivity index (χ0v) is 15.6. The molecule has 0 saturated heterocycles. The zero-order valence-electron chi connectivity index (χ0n) is 14.0. The molecule has 7 nitrogen and oxygen atoms in total. The number of sulfonamides is 1. The molecule has 0 aliphatic carbocycles. The van der Waals surface area contributed by atoms with Crippen LogP contribution in [0.2, 0.25) is 5.02 Å². The Balaban J connectivity index is 2.37. The van der Waals surface area contributed by atoms with E-state index in [1.165, 1.54) is 37.3 Å². The number of ether oxygens (including phenoxy) is 1. The predicted molar refractivity (Wildman–Crippen MR) is 97.5 cm³/mol. The quantitative estimate of drug-likeness (QED) is 0.727. The second kappa shape index (κ2) is 7.76. The van der Waals surface area contributed by atoms with Crippen LogP contribution in [0.4, 0.5) is 5.69 Å². The van der Waals surface area contributed by atoms with Gasteiger partial charge in [-0.15, -0.1) is 0 Å². The largest absolute Gasteiger partial charge is 0.449 e. The Morgan fingerprint density at radius 1 is 1.15 bits per heavy atom. The van der Waals surface area contributed by atoms with E-state index in [0.29, 0.717) is 0 Å². The second-order valence-corrected chi connectivity index (χ2v) is 7.68. The standard InChI is InChI=1S/C17H17ClN2O5S/c1-10-3-6-13(7-4-10)26(23,24)20-15-9-12(18)5-8-14(15)17(22)25-11(2)16(19)21/h3-9,11,20H,1-2H3,(H2,19,21)/t11-/m1/s1. The molecule has 0 bridgehead atoms. The van der Waals surface area contributed by atoms with Crippen molar-refractivity contribution in [2.45, 2.75) is 24.8 Å². The molecule has 2 aromatic rings. The number of nitrogens with one attached hydrogen (secondary N) is 1. The summed E-state index contributed by atoms with van der Waals surface area (Å²) >= 11 is 5.91. The van der Waals surface area contributed by atoms with Crippen molar-refractivity contribution in [2.24, 2.45) is 5.73 Å². The first-order valence-corrected chi connectivity index (χ1v) is 9.35. The molecule has 0 aromatic heterocycles. The van der Waals surface area contributed by atoms with Crippen molar-refractivity contribution in [1.82, 2.24) is 0 Å². The molecule has 0 aliphatic heterocycles. The first-order chi connectivity index (χ1) is 12.1. The molecular weight excluding hydrogens is 380 g/mol. The summed E-state index contributed by atoms with van der Waals surface area (Å²) in [7, 11) is -3.96. The van der Waals surface area contributed by atoms with Crippen molar-refractivity contribution >= 4 is 39.2 Å². The molecule has 0 heterocycles. The maximum atomic E-state index is 12.5. The smallest absolute Gasteiger partial charge is 0.341 e. The normalized spacial score (nSPS) is 12.3. The van der Waals surface area contributed by atoms with Gasteiger partial charge in [0.05, 0.1) is 16.1 Å². The van der Waals surface area contributed by atoms with Crippen molar-refractivity contribution in [3.05, 3.63) is 58.6 Å². The summed E-state index contributed by atoms with van der Waals surface area (Å²) < 4.78 is 32.3. The Bertz CT molecular complexity index is 942. The highest BCUT2D eigenvalue weighted by Crippen LogP contribution is 2.25. The summed E-state index contributed by atoms with van der Waals surface area (Å²) in [5.41, 5.74) is 5.80. The second-order valence-electron chi connectivity index (χ2n) is 5.56. The van der Waals surface area contributed by atoms with Crippen LogP contribution in [0.5, 0.6) is 0 Å². The molecular formula is C17H17ClN2O5S. The summed E-state index contributed by atoms with van der Waals surface area (Å²) in [6.07, 6.45) is -1.17. The van der Waals surface area contributed by atoms with Crippen molar-refractivity contribution < 1.29 is 22.7 Å². The van der Waals surface area contributed by atoms with Crippen LogP contribution in [0.15, 0.2) is 47.4 Å². The number of amides is 1. The van der Waals surface area contributed by atoms with Gasteiger partial charge in [-0.2, -0.15) is 0 Å². The van der Waals surface area contributed by atoms with Gasteiger partial charge < -0.3 is 10.5 Å². The molecule has 138 valence electrons. The Morgan fingerprint density at radius 2 is 1.77 bits per heavy atom. The lowest BCUT2D eigenvalue weighted by atomic mass is 10.2. The molecule has 0 spiro atoms. The van der Waals surface area contributed by atoms with Crippen LogP contribution < -0.4 is 10.5 Å². The van der Waals surface area contributed by atoms with Crippen LogP contribution in [-0.2, 0) is 19.6 Å². The average molecular weight is 397 g/mol. The molecule has 0 unspecified atom stereocenters. The number of anilines is 1. The summed E-state index contributed by atoms with van der Waals surface area (Å²) in [6, 6.07) is 10.2. The van der Waals surface area contributed by atoms with E-state index in [0.717, 1.165) is 5.56 Å². The number of primary amides is 1. The van der Waals surface area contributed by atoms with E-state index in [2.05, 4.69) is 4.72 Å². The Morgan fingerprint density at radius 3 is 2.35 bits per heavy atom. The third-order valence-electron chi connectivity index (χ3n) is 3.46. The fraction of sp³-hybridized carbons (Fsp3) is 0.176. The Kier molecular flexibility index (Phi) is 5.89. The molecule has 1 atom stereocenters. The number of rotatable bonds is 6. The van der Waals surface area contributed by atoms with Gasteiger partial charge in [0, 0.05) is 5.02 Å². The van der Waals surface area contributed by atoms with Crippen molar-refractivity contribution in [2.75, 3.05) is 4.72 Å². The highest BCUT2D eigenvalue weighted by Gasteiger charge is 2.22. The molecule has 0 fully saturated rings. The number of nitrogens with two attached hydrogens (primary N) is 1. The number of halogens is 1. The topological polar surface area (TPSA) is 116 Å². The maximum Gasteiger partial charge on any atom is 0.341 e. The number of aryl methyl sites for hydroxylation is 1. The van der Waals surface area contributed by atoms with Crippen LogP contribution >= 0.6 is 11.6 Å². The van der Waals surface area contributed by atoms with E-state index in [4.69, 9.17) is 22.1 Å². The fourth-order valence-electron chi connectivity index (χ4n) is 1.98. The van der Waals surface area contributed by atoms with E-state index in [1.807, 2.05) is 6.92 Å². The van der Waals surface area contributed by atoms with E-state index >= 15 is 0 Å². The van der Waals surface area contributed by atoms with Crippen LogP contribution in [0.3, 0.4) is 0 Å². The lowest BCUT2D eigenvalue weighted by Crippen LogP contribution is -2.30. The lowest BCUT2D eigenvalue weighted by molar-refractivity contribution is -0.125. The SMILES string of the molecule is Cc1ccc(S(=O)(=O)Nc2cc(Cl)ccc2C(=O)O[C@H](C)C(N)=O)cc1. The number of hydrogen-bond donors (Lipinski definition) is 2. The minimum Gasteiger partial charge on any atom is -0.449 e. The molecule has 0 radical (unpaired) electrons. The van der Waals surface area contributed by atoms with Gasteiger partial charge >= 0.3 is 5.97 Å². The number of hydrogen-bond acceptors (Lipinski definition) is 5. The summed E-state index contributed by atoms with van der Waals surface area (Å²) in [4.78, 5) is 23.3. The number of esters is 1. The highest BCUT2D eigenvalue weighted by atomic mass is 35.5. The van der Waals surface area contributed by atoms with Gasteiger partial charge in [0.25, 0.3) is 15.9 Å². The fourth-order valence-corrected chi connectivity index (χ4v) is 3.22. The van der Waals surface area contributed by atoms with Crippen molar-refractivity contribution in [3.63, 3.8) is 0 Å². The van der Waals surface area contributed by atoms with Gasteiger partial charge in [-0.25, -0.2) is 13.2 Å². The number of carbonyl (C=O) groups excluding carboxylic acids is 2. The molecule has 2 rings (SSSR count). The predicted octanol–water partition coefficient (Wildman–Crippen LogP) is 2.48. The summed E-state index contributed by atoms with van der Waals surface area (Å²) in [5, 5.41) is 0.214. The minimum absolute atomic E-state index is 0.0212. The molecule has 3 N–H and O–H groups in total. The molecule has 0 aliphatic rings. The molecule has 2 aromatic carbocycles. The third kappa shape index (κ3) is 4.74. The Hall–Kier alpha value is -2.58.